The van der Waals surface area contributed by atoms with E-state index >= 15 is 0 Å². The van der Waals surface area contributed by atoms with Crippen LogP contribution < -0.4 is 5.73 Å². The average Bonchev–Trinajstić information content (AvgIpc) is 2.71. The average molecular weight is 198 g/mol. The van der Waals surface area contributed by atoms with Gasteiger partial charge in [0.1, 0.15) is 0 Å². The van der Waals surface area contributed by atoms with Crippen molar-refractivity contribution < 1.29 is 4.79 Å². The number of nitrogens with two attached hydrogens (primary N) is 1. The summed E-state index contributed by atoms with van der Waals surface area (Å²) in [6, 6.07) is 0.487. The van der Waals surface area contributed by atoms with E-state index in [1.807, 2.05) is 11.8 Å². The fourth-order valence-corrected chi connectivity index (χ4v) is 2.19. The quantitative estimate of drug-likeness (QED) is 0.741. The third kappa shape index (κ3) is 2.47. The van der Waals surface area contributed by atoms with Crippen molar-refractivity contribution >= 4 is 5.91 Å². The molecular weight excluding hydrogens is 176 g/mol. The molecule has 1 unspecified atom stereocenters. The monoisotopic (exact) mass is 198 g/mol. The van der Waals surface area contributed by atoms with Gasteiger partial charge in [0.25, 0.3) is 0 Å². The molecule has 0 aromatic carbocycles. The van der Waals surface area contributed by atoms with Gasteiger partial charge >= 0.3 is 0 Å². The number of hydrogen-bond donors (Lipinski definition) is 1. The van der Waals surface area contributed by atoms with Gasteiger partial charge in [-0.3, -0.25) is 4.79 Å². The highest BCUT2D eigenvalue weighted by atomic mass is 16.2. The minimum Gasteiger partial charge on any atom is -0.340 e. The van der Waals surface area contributed by atoms with Crippen molar-refractivity contribution in [1.82, 2.24) is 4.90 Å². The Kier molecular flexibility index (Phi) is 4.39. The highest BCUT2D eigenvalue weighted by Gasteiger charge is 2.27. The molecule has 14 heavy (non-hydrogen) atoms. The second kappa shape index (κ2) is 5.35. The van der Waals surface area contributed by atoms with Gasteiger partial charge in [-0.05, 0) is 19.8 Å². The summed E-state index contributed by atoms with van der Waals surface area (Å²) in [6.45, 7) is 5.26. The first kappa shape index (κ1) is 11.5. The molecule has 3 nitrogen and oxygen atoms in total. The molecule has 1 aliphatic carbocycles. The van der Waals surface area contributed by atoms with Crippen molar-refractivity contribution in [1.29, 1.82) is 0 Å². The topological polar surface area (TPSA) is 46.3 Å². The van der Waals surface area contributed by atoms with Gasteiger partial charge in [-0.15, -0.1) is 0 Å². The molecule has 0 aromatic heterocycles. The van der Waals surface area contributed by atoms with Gasteiger partial charge in [0, 0.05) is 25.0 Å². The van der Waals surface area contributed by atoms with Crippen LogP contribution in [-0.4, -0.2) is 29.9 Å². The summed E-state index contributed by atoms with van der Waals surface area (Å²) in [4.78, 5) is 14.0. The number of rotatable bonds is 4. The van der Waals surface area contributed by atoms with Gasteiger partial charge in [-0.2, -0.15) is 0 Å². The zero-order valence-corrected chi connectivity index (χ0v) is 9.33. The van der Waals surface area contributed by atoms with Crippen LogP contribution in [0.5, 0.6) is 0 Å². The molecule has 1 saturated carbocycles. The van der Waals surface area contributed by atoms with Crippen LogP contribution in [0, 0.1) is 5.92 Å². The fraction of sp³-hybridized carbons (Fsp3) is 0.909. The maximum absolute atomic E-state index is 11.9. The van der Waals surface area contributed by atoms with Crippen molar-refractivity contribution in [2.75, 3.05) is 13.1 Å². The molecule has 0 spiro atoms. The largest absolute Gasteiger partial charge is 0.340 e. The SMILES string of the molecule is CCN(C(=O)C(C)CN)C1CCCC1. The van der Waals surface area contributed by atoms with Crippen LogP contribution in [0.25, 0.3) is 0 Å². The minimum atomic E-state index is -0.0180. The molecule has 1 fully saturated rings. The van der Waals surface area contributed by atoms with Crippen LogP contribution in [0.2, 0.25) is 0 Å². The molecule has 1 amide bonds. The van der Waals surface area contributed by atoms with Crippen LogP contribution >= 0.6 is 0 Å². The van der Waals surface area contributed by atoms with E-state index in [0.717, 1.165) is 6.54 Å². The molecule has 82 valence electrons. The normalized spacial score (nSPS) is 19.6. The lowest BCUT2D eigenvalue weighted by Gasteiger charge is -2.29. The maximum atomic E-state index is 11.9. The fourth-order valence-electron chi connectivity index (χ4n) is 2.19. The second-order valence-electron chi connectivity index (χ2n) is 4.20. The molecule has 0 saturated heterocycles. The van der Waals surface area contributed by atoms with E-state index in [4.69, 9.17) is 5.73 Å². The molecule has 1 atom stereocenters. The Morgan fingerprint density at radius 3 is 2.50 bits per heavy atom. The Balaban J connectivity index is 2.55. The Hall–Kier alpha value is -0.570. The van der Waals surface area contributed by atoms with Crippen LogP contribution in [0.1, 0.15) is 39.5 Å². The first-order valence-corrected chi connectivity index (χ1v) is 5.71. The Bertz CT molecular complexity index is 188. The number of amides is 1. The summed E-state index contributed by atoms with van der Waals surface area (Å²) < 4.78 is 0. The van der Waals surface area contributed by atoms with Crippen LogP contribution in [0.4, 0.5) is 0 Å². The Morgan fingerprint density at radius 1 is 1.50 bits per heavy atom. The van der Waals surface area contributed by atoms with Crippen LogP contribution in [-0.2, 0) is 4.79 Å². The van der Waals surface area contributed by atoms with Gasteiger partial charge < -0.3 is 10.6 Å². The lowest BCUT2D eigenvalue weighted by atomic mass is 10.1. The zero-order valence-electron chi connectivity index (χ0n) is 9.33. The predicted molar refractivity (Wildman–Crippen MR) is 57.9 cm³/mol. The number of carbonyl (C=O) groups excluding carboxylic acids is 1. The van der Waals surface area contributed by atoms with Gasteiger partial charge in [-0.1, -0.05) is 19.8 Å². The Morgan fingerprint density at radius 2 is 2.07 bits per heavy atom. The highest BCUT2D eigenvalue weighted by Crippen LogP contribution is 2.24. The van der Waals surface area contributed by atoms with E-state index in [1.54, 1.807) is 0 Å². The highest BCUT2D eigenvalue weighted by molar-refractivity contribution is 5.79. The van der Waals surface area contributed by atoms with E-state index in [1.165, 1.54) is 25.7 Å². The molecule has 3 heteroatoms. The third-order valence-corrected chi connectivity index (χ3v) is 3.16. The van der Waals surface area contributed by atoms with Crippen LogP contribution in [0.3, 0.4) is 0 Å². The Labute approximate surface area is 86.6 Å². The third-order valence-electron chi connectivity index (χ3n) is 3.16. The molecule has 1 rings (SSSR count). The summed E-state index contributed by atoms with van der Waals surface area (Å²) in [5, 5.41) is 0. The maximum Gasteiger partial charge on any atom is 0.226 e. The summed E-state index contributed by atoms with van der Waals surface area (Å²) in [5.74, 6) is 0.220. The standard InChI is InChI=1S/C11H22N2O/c1-3-13(10-6-4-5-7-10)11(14)9(2)8-12/h9-10H,3-8,12H2,1-2H3. The van der Waals surface area contributed by atoms with E-state index < -0.39 is 0 Å². The predicted octanol–water partition coefficient (Wildman–Crippen LogP) is 1.37. The van der Waals surface area contributed by atoms with E-state index in [0.29, 0.717) is 12.6 Å². The smallest absolute Gasteiger partial charge is 0.226 e. The van der Waals surface area contributed by atoms with Crippen molar-refractivity contribution in [2.45, 2.75) is 45.6 Å². The van der Waals surface area contributed by atoms with Crippen molar-refractivity contribution in [2.24, 2.45) is 11.7 Å². The molecule has 0 heterocycles. The van der Waals surface area contributed by atoms with Crippen molar-refractivity contribution in [3.63, 3.8) is 0 Å². The number of carbonyl (C=O) groups is 1. The zero-order chi connectivity index (χ0) is 10.6. The summed E-state index contributed by atoms with van der Waals surface area (Å²) in [5.41, 5.74) is 5.52. The van der Waals surface area contributed by atoms with Crippen molar-refractivity contribution in [3.05, 3.63) is 0 Å². The van der Waals surface area contributed by atoms with Crippen LogP contribution in [0.15, 0.2) is 0 Å². The second-order valence-corrected chi connectivity index (χ2v) is 4.20. The molecular formula is C11H22N2O. The molecule has 0 aromatic rings. The summed E-state index contributed by atoms with van der Waals surface area (Å²) in [6.07, 6.45) is 4.89. The lowest BCUT2D eigenvalue weighted by Crippen LogP contribution is -2.43. The number of hydrogen-bond acceptors (Lipinski definition) is 2. The molecule has 2 N–H and O–H groups in total. The lowest BCUT2D eigenvalue weighted by molar-refractivity contribution is -0.136. The molecule has 0 bridgehead atoms. The minimum absolute atomic E-state index is 0.0180. The summed E-state index contributed by atoms with van der Waals surface area (Å²) in [7, 11) is 0. The summed E-state index contributed by atoms with van der Waals surface area (Å²) >= 11 is 0. The molecule has 0 radical (unpaired) electrons. The van der Waals surface area contributed by atoms with Gasteiger partial charge in [0.05, 0.1) is 0 Å². The first-order valence-electron chi connectivity index (χ1n) is 5.71. The molecule has 0 aliphatic heterocycles. The number of nitrogens with zero attached hydrogens (tertiary/aromatic N) is 1. The van der Waals surface area contributed by atoms with E-state index in [9.17, 15) is 4.79 Å². The first-order chi connectivity index (χ1) is 6.70. The van der Waals surface area contributed by atoms with Gasteiger partial charge in [0.2, 0.25) is 5.91 Å². The molecule has 1 aliphatic rings. The van der Waals surface area contributed by atoms with Gasteiger partial charge in [-0.25, -0.2) is 0 Å². The van der Waals surface area contributed by atoms with Gasteiger partial charge in [0.15, 0.2) is 0 Å². The van der Waals surface area contributed by atoms with E-state index in [2.05, 4.69) is 6.92 Å². The van der Waals surface area contributed by atoms with E-state index in [-0.39, 0.29) is 11.8 Å². The van der Waals surface area contributed by atoms with Crippen molar-refractivity contribution in [3.8, 4) is 0 Å².